The van der Waals surface area contributed by atoms with Gasteiger partial charge in [-0.1, -0.05) is 6.07 Å². The monoisotopic (exact) mass is 256 g/mol. The molecular weight excluding hydrogens is 252 g/mol. The molecule has 6 heteroatoms. The third kappa shape index (κ3) is 1.83. The molecule has 0 saturated carbocycles. The minimum atomic E-state index is -0.694. The van der Waals surface area contributed by atoms with Crippen LogP contribution in [0.2, 0.25) is 0 Å². The van der Waals surface area contributed by atoms with Crippen LogP contribution in [-0.4, -0.2) is 10.0 Å². The van der Waals surface area contributed by atoms with E-state index in [4.69, 9.17) is 5.26 Å². The standard InChI is InChI=1S/C8H5BrN2O3/c9-7-5(3-4-10)1-2-6(12)8(7)11(13)14/h1-2,12H,3H2. The Morgan fingerprint density at radius 3 is 2.79 bits per heavy atom. The van der Waals surface area contributed by atoms with Crippen LogP contribution in [0.4, 0.5) is 5.69 Å². The predicted octanol–water partition coefficient (Wildman–Crippen LogP) is 2.13. The van der Waals surface area contributed by atoms with Gasteiger partial charge in [0.15, 0.2) is 5.75 Å². The van der Waals surface area contributed by atoms with E-state index < -0.39 is 16.4 Å². The van der Waals surface area contributed by atoms with Crippen molar-refractivity contribution in [3.8, 4) is 11.8 Å². The lowest BCUT2D eigenvalue weighted by Crippen LogP contribution is -1.93. The third-order valence-corrected chi connectivity index (χ3v) is 2.51. The van der Waals surface area contributed by atoms with Crippen LogP contribution >= 0.6 is 15.9 Å². The molecule has 72 valence electrons. The lowest BCUT2D eigenvalue weighted by Gasteiger charge is -2.02. The highest BCUT2D eigenvalue weighted by molar-refractivity contribution is 9.10. The number of halogens is 1. The van der Waals surface area contributed by atoms with Crippen LogP contribution < -0.4 is 0 Å². The predicted molar refractivity (Wildman–Crippen MR) is 51.8 cm³/mol. The summed E-state index contributed by atoms with van der Waals surface area (Å²) < 4.78 is 0.157. The molecule has 0 amide bonds. The zero-order valence-electron chi connectivity index (χ0n) is 6.90. The fraction of sp³-hybridized carbons (Fsp3) is 0.125. The highest BCUT2D eigenvalue weighted by atomic mass is 79.9. The molecule has 1 aromatic rings. The number of benzene rings is 1. The van der Waals surface area contributed by atoms with Crippen molar-refractivity contribution in [1.82, 2.24) is 0 Å². The maximum absolute atomic E-state index is 10.5. The number of phenols is 1. The fourth-order valence-electron chi connectivity index (χ4n) is 0.992. The third-order valence-electron chi connectivity index (χ3n) is 1.63. The Kier molecular flexibility index (Phi) is 3.04. The fourth-order valence-corrected chi connectivity index (χ4v) is 1.61. The quantitative estimate of drug-likeness (QED) is 0.649. The molecule has 5 nitrogen and oxygen atoms in total. The van der Waals surface area contributed by atoms with E-state index in [0.717, 1.165) is 0 Å². The summed E-state index contributed by atoms with van der Waals surface area (Å²) in [7, 11) is 0. The van der Waals surface area contributed by atoms with E-state index in [0.29, 0.717) is 5.56 Å². The summed E-state index contributed by atoms with van der Waals surface area (Å²) in [5, 5.41) is 28.2. The molecule has 0 spiro atoms. The summed E-state index contributed by atoms with van der Waals surface area (Å²) in [5.74, 6) is -0.413. The first-order valence-electron chi connectivity index (χ1n) is 3.59. The van der Waals surface area contributed by atoms with Gasteiger partial charge in [-0.15, -0.1) is 0 Å². The number of nitriles is 1. The number of nitro groups is 1. The Labute approximate surface area is 87.9 Å². The average Bonchev–Trinajstić information content (AvgIpc) is 2.10. The topological polar surface area (TPSA) is 87.2 Å². The molecule has 0 aliphatic heterocycles. The maximum atomic E-state index is 10.5. The minimum Gasteiger partial charge on any atom is -0.502 e. The molecule has 0 saturated heterocycles. The van der Waals surface area contributed by atoms with Crippen molar-refractivity contribution in [2.45, 2.75) is 6.42 Å². The van der Waals surface area contributed by atoms with Crippen molar-refractivity contribution in [3.63, 3.8) is 0 Å². The van der Waals surface area contributed by atoms with Gasteiger partial charge < -0.3 is 5.11 Å². The summed E-state index contributed by atoms with van der Waals surface area (Å²) in [6, 6.07) is 4.55. The van der Waals surface area contributed by atoms with Crippen LogP contribution in [0.25, 0.3) is 0 Å². The number of aromatic hydroxyl groups is 1. The SMILES string of the molecule is N#CCc1ccc(O)c([N+](=O)[O-])c1Br. The maximum Gasteiger partial charge on any atom is 0.325 e. The second-order valence-corrected chi connectivity index (χ2v) is 3.29. The number of nitro benzene ring substituents is 1. The highest BCUT2D eigenvalue weighted by Gasteiger charge is 2.20. The molecule has 0 radical (unpaired) electrons. The van der Waals surface area contributed by atoms with E-state index in [2.05, 4.69) is 15.9 Å². The Bertz CT molecular complexity index is 425. The Morgan fingerprint density at radius 1 is 1.64 bits per heavy atom. The van der Waals surface area contributed by atoms with Gasteiger partial charge in [0.1, 0.15) is 4.47 Å². The van der Waals surface area contributed by atoms with Gasteiger partial charge >= 0.3 is 5.69 Å². The van der Waals surface area contributed by atoms with Crippen molar-refractivity contribution in [2.75, 3.05) is 0 Å². The number of nitrogens with zero attached hydrogens (tertiary/aromatic N) is 2. The molecule has 0 bridgehead atoms. The van der Waals surface area contributed by atoms with E-state index in [1.54, 1.807) is 0 Å². The first-order chi connectivity index (χ1) is 6.57. The Morgan fingerprint density at radius 2 is 2.29 bits per heavy atom. The van der Waals surface area contributed by atoms with E-state index in [9.17, 15) is 15.2 Å². The van der Waals surface area contributed by atoms with Crippen LogP contribution in [0, 0.1) is 21.4 Å². The van der Waals surface area contributed by atoms with Crippen LogP contribution in [0.1, 0.15) is 5.56 Å². The molecule has 1 N–H and O–H groups in total. The molecule has 0 heterocycles. The van der Waals surface area contributed by atoms with Crippen molar-refractivity contribution in [2.24, 2.45) is 0 Å². The zero-order chi connectivity index (χ0) is 10.7. The van der Waals surface area contributed by atoms with E-state index in [1.807, 2.05) is 6.07 Å². The van der Waals surface area contributed by atoms with E-state index >= 15 is 0 Å². The first-order valence-corrected chi connectivity index (χ1v) is 4.39. The lowest BCUT2D eigenvalue weighted by molar-refractivity contribution is -0.386. The molecule has 0 aromatic heterocycles. The minimum absolute atomic E-state index is 0.0572. The zero-order valence-corrected chi connectivity index (χ0v) is 8.48. The average molecular weight is 257 g/mol. The van der Waals surface area contributed by atoms with Crippen LogP contribution in [0.5, 0.6) is 5.75 Å². The van der Waals surface area contributed by atoms with Crippen molar-refractivity contribution in [1.29, 1.82) is 5.26 Å². The first kappa shape index (κ1) is 10.5. The van der Waals surface area contributed by atoms with Gasteiger partial charge in [0.25, 0.3) is 0 Å². The molecule has 0 unspecified atom stereocenters. The highest BCUT2D eigenvalue weighted by Crippen LogP contribution is 2.36. The number of phenolic OH excluding ortho intramolecular Hbond substituents is 1. The molecule has 14 heavy (non-hydrogen) atoms. The molecule has 0 aliphatic rings. The van der Waals surface area contributed by atoms with Gasteiger partial charge in [0, 0.05) is 0 Å². The Hall–Kier alpha value is -1.61. The normalized spacial score (nSPS) is 9.43. The van der Waals surface area contributed by atoms with Gasteiger partial charge in [-0.05, 0) is 27.6 Å². The molecular formula is C8H5BrN2O3. The smallest absolute Gasteiger partial charge is 0.325 e. The molecule has 0 atom stereocenters. The summed E-state index contributed by atoms with van der Waals surface area (Å²) in [6.07, 6.45) is 0.0572. The van der Waals surface area contributed by atoms with E-state index in [1.165, 1.54) is 12.1 Å². The van der Waals surface area contributed by atoms with Gasteiger partial charge in [-0.2, -0.15) is 5.26 Å². The Balaban J connectivity index is 3.35. The second kappa shape index (κ2) is 4.07. The van der Waals surface area contributed by atoms with Gasteiger partial charge in [-0.25, -0.2) is 0 Å². The van der Waals surface area contributed by atoms with Crippen molar-refractivity contribution in [3.05, 3.63) is 32.3 Å². The van der Waals surface area contributed by atoms with Gasteiger partial charge in [0.2, 0.25) is 0 Å². The van der Waals surface area contributed by atoms with Crippen LogP contribution in [0.3, 0.4) is 0 Å². The number of hydrogen-bond donors (Lipinski definition) is 1. The van der Waals surface area contributed by atoms with E-state index in [-0.39, 0.29) is 10.9 Å². The second-order valence-electron chi connectivity index (χ2n) is 2.50. The summed E-state index contributed by atoms with van der Waals surface area (Å²) in [6.45, 7) is 0. The number of hydrogen-bond acceptors (Lipinski definition) is 4. The summed E-state index contributed by atoms with van der Waals surface area (Å²) in [5.41, 5.74) is 0.0785. The molecule has 0 fully saturated rings. The van der Waals surface area contributed by atoms with Crippen molar-refractivity contribution >= 4 is 21.6 Å². The summed E-state index contributed by atoms with van der Waals surface area (Å²) in [4.78, 5) is 9.84. The van der Waals surface area contributed by atoms with Gasteiger partial charge in [0.05, 0.1) is 17.4 Å². The summed E-state index contributed by atoms with van der Waals surface area (Å²) >= 11 is 2.98. The van der Waals surface area contributed by atoms with Gasteiger partial charge in [-0.3, -0.25) is 10.1 Å². The molecule has 1 rings (SSSR count). The lowest BCUT2D eigenvalue weighted by atomic mass is 10.1. The number of rotatable bonds is 2. The van der Waals surface area contributed by atoms with Crippen LogP contribution in [-0.2, 0) is 6.42 Å². The molecule has 0 aliphatic carbocycles. The van der Waals surface area contributed by atoms with Crippen molar-refractivity contribution < 1.29 is 10.0 Å². The largest absolute Gasteiger partial charge is 0.502 e. The van der Waals surface area contributed by atoms with Crippen LogP contribution in [0.15, 0.2) is 16.6 Å². The molecule has 1 aromatic carbocycles.